The van der Waals surface area contributed by atoms with Crippen LogP contribution in [0.25, 0.3) is 5.57 Å². The Morgan fingerprint density at radius 3 is 2.27 bits per heavy atom. The maximum absolute atomic E-state index is 12.8. The SMILES string of the molecule is CC/C(=C\C(=O)O)c1cc(F)cc(F)c1. The molecular weight excluding hydrogens is 202 g/mol. The molecule has 1 rings (SSSR count). The Balaban J connectivity index is 3.18. The van der Waals surface area contributed by atoms with E-state index in [1.807, 2.05) is 0 Å². The molecule has 2 nitrogen and oxygen atoms in total. The van der Waals surface area contributed by atoms with Gasteiger partial charge < -0.3 is 5.11 Å². The quantitative estimate of drug-likeness (QED) is 0.782. The fourth-order valence-electron chi connectivity index (χ4n) is 1.28. The summed E-state index contributed by atoms with van der Waals surface area (Å²) in [5.74, 6) is -2.55. The van der Waals surface area contributed by atoms with Crippen LogP contribution in [0.15, 0.2) is 24.3 Å². The van der Waals surface area contributed by atoms with Crippen molar-refractivity contribution >= 4 is 11.5 Å². The van der Waals surface area contributed by atoms with Crippen LogP contribution < -0.4 is 0 Å². The van der Waals surface area contributed by atoms with E-state index in [4.69, 9.17) is 5.11 Å². The summed E-state index contributed by atoms with van der Waals surface area (Å²) in [5.41, 5.74) is 0.651. The Bertz CT molecular complexity index is 391. The van der Waals surface area contributed by atoms with Gasteiger partial charge in [-0.3, -0.25) is 0 Å². The van der Waals surface area contributed by atoms with Crippen LogP contribution in [0, 0.1) is 11.6 Å². The number of allylic oxidation sites excluding steroid dienone is 1. The summed E-state index contributed by atoms with van der Waals surface area (Å²) >= 11 is 0. The van der Waals surface area contributed by atoms with Crippen LogP contribution in [0.3, 0.4) is 0 Å². The number of carboxylic acids is 1. The van der Waals surface area contributed by atoms with Gasteiger partial charge in [0.15, 0.2) is 0 Å². The first-order valence-corrected chi connectivity index (χ1v) is 4.43. The van der Waals surface area contributed by atoms with Crippen molar-refractivity contribution in [3.63, 3.8) is 0 Å². The molecule has 0 aliphatic carbocycles. The smallest absolute Gasteiger partial charge is 0.328 e. The summed E-state index contributed by atoms with van der Waals surface area (Å²) in [6, 6.07) is 2.97. The van der Waals surface area contributed by atoms with Crippen LogP contribution >= 0.6 is 0 Å². The lowest BCUT2D eigenvalue weighted by Gasteiger charge is -2.04. The number of aliphatic carboxylic acids is 1. The van der Waals surface area contributed by atoms with Gasteiger partial charge in [-0.05, 0) is 29.7 Å². The summed E-state index contributed by atoms with van der Waals surface area (Å²) in [7, 11) is 0. The van der Waals surface area contributed by atoms with Gasteiger partial charge in [0.1, 0.15) is 11.6 Å². The second kappa shape index (κ2) is 4.68. The third kappa shape index (κ3) is 3.16. The lowest BCUT2D eigenvalue weighted by molar-refractivity contribution is -0.131. The first kappa shape index (κ1) is 11.4. The molecule has 0 radical (unpaired) electrons. The van der Waals surface area contributed by atoms with Gasteiger partial charge >= 0.3 is 5.97 Å². The minimum atomic E-state index is -1.13. The molecule has 15 heavy (non-hydrogen) atoms. The normalized spacial score (nSPS) is 11.5. The zero-order valence-corrected chi connectivity index (χ0v) is 8.13. The predicted octanol–water partition coefficient (Wildman–Crippen LogP) is 2.84. The molecule has 80 valence electrons. The van der Waals surface area contributed by atoms with E-state index >= 15 is 0 Å². The number of rotatable bonds is 3. The summed E-state index contributed by atoms with van der Waals surface area (Å²) < 4.78 is 25.7. The zero-order chi connectivity index (χ0) is 11.4. The average molecular weight is 212 g/mol. The van der Waals surface area contributed by atoms with Crippen molar-refractivity contribution in [2.45, 2.75) is 13.3 Å². The number of carboxylic acid groups (broad SMARTS) is 1. The van der Waals surface area contributed by atoms with Crippen LogP contribution in [0.2, 0.25) is 0 Å². The molecule has 0 spiro atoms. The van der Waals surface area contributed by atoms with E-state index < -0.39 is 17.6 Å². The molecule has 0 fully saturated rings. The van der Waals surface area contributed by atoms with E-state index in [0.29, 0.717) is 12.0 Å². The number of carbonyl (C=O) groups is 1. The molecule has 0 aliphatic heterocycles. The van der Waals surface area contributed by atoms with E-state index in [1.165, 1.54) is 0 Å². The maximum Gasteiger partial charge on any atom is 0.328 e. The number of hydrogen-bond donors (Lipinski definition) is 1. The number of hydrogen-bond acceptors (Lipinski definition) is 1. The van der Waals surface area contributed by atoms with Gasteiger partial charge in [-0.25, -0.2) is 13.6 Å². The highest BCUT2D eigenvalue weighted by atomic mass is 19.1. The second-order valence-corrected chi connectivity index (χ2v) is 3.02. The highest BCUT2D eigenvalue weighted by Gasteiger charge is 2.05. The van der Waals surface area contributed by atoms with Gasteiger partial charge in [0.05, 0.1) is 0 Å². The molecule has 0 aromatic heterocycles. The van der Waals surface area contributed by atoms with Crippen LogP contribution in [-0.2, 0) is 4.79 Å². The van der Waals surface area contributed by atoms with Crippen LogP contribution in [-0.4, -0.2) is 11.1 Å². The molecule has 0 aliphatic rings. The topological polar surface area (TPSA) is 37.3 Å². The van der Waals surface area contributed by atoms with Gasteiger partial charge in [-0.15, -0.1) is 0 Å². The predicted molar refractivity (Wildman–Crippen MR) is 52.3 cm³/mol. The Labute approximate surface area is 85.9 Å². The van der Waals surface area contributed by atoms with E-state index in [1.54, 1.807) is 6.92 Å². The third-order valence-electron chi connectivity index (χ3n) is 1.91. The fraction of sp³-hybridized carbons (Fsp3) is 0.182. The summed E-state index contributed by atoms with van der Waals surface area (Å²) in [5, 5.41) is 8.55. The third-order valence-corrected chi connectivity index (χ3v) is 1.91. The van der Waals surface area contributed by atoms with Crippen molar-refractivity contribution in [3.8, 4) is 0 Å². The molecule has 1 aromatic rings. The van der Waals surface area contributed by atoms with Crippen LogP contribution in [0.4, 0.5) is 8.78 Å². The Morgan fingerprint density at radius 2 is 1.87 bits per heavy atom. The van der Waals surface area contributed by atoms with Gasteiger partial charge in [0.25, 0.3) is 0 Å². The highest BCUT2D eigenvalue weighted by Crippen LogP contribution is 2.20. The molecule has 4 heteroatoms. The monoisotopic (exact) mass is 212 g/mol. The first-order chi connectivity index (χ1) is 7.02. The molecule has 0 bridgehead atoms. The van der Waals surface area contributed by atoms with E-state index in [9.17, 15) is 13.6 Å². The van der Waals surface area contributed by atoms with Crippen molar-refractivity contribution in [1.82, 2.24) is 0 Å². The van der Waals surface area contributed by atoms with E-state index in [2.05, 4.69) is 0 Å². The molecule has 0 saturated carbocycles. The number of benzene rings is 1. The largest absolute Gasteiger partial charge is 0.478 e. The van der Waals surface area contributed by atoms with E-state index in [0.717, 1.165) is 24.3 Å². The zero-order valence-electron chi connectivity index (χ0n) is 8.13. The van der Waals surface area contributed by atoms with Gasteiger partial charge in [-0.2, -0.15) is 0 Å². The highest BCUT2D eigenvalue weighted by molar-refractivity contribution is 5.89. The second-order valence-electron chi connectivity index (χ2n) is 3.02. The van der Waals surface area contributed by atoms with Gasteiger partial charge in [-0.1, -0.05) is 6.92 Å². The van der Waals surface area contributed by atoms with Crippen LogP contribution in [0.1, 0.15) is 18.9 Å². The summed E-state index contributed by atoms with van der Waals surface area (Å²) in [4.78, 5) is 10.4. The Kier molecular flexibility index (Phi) is 3.55. The van der Waals surface area contributed by atoms with Crippen molar-refractivity contribution in [3.05, 3.63) is 41.5 Å². The van der Waals surface area contributed by atoms with Crippen molar-refractivity contribution < 1.29 is 18.7 Å². The Hall–Kier alpha value is -1.71. The minimum Gasteiger partial charge on any atom is -0.478 e. The Morgan fingerprint density at radius 1 is 1.33 bits per heavy atom. The average Bonchev–Trinajstić information content (AvgIpc) is 2.12. The molecule has 0 unspecified atom stereocenters. The standard InChI is InChI=1S/C11H10F2O2/c1-2-7(5-11(14)15)8-3-9(12)6-10(13)4-8/h3-6H,2H2,1H3,(H,14,15)/b7-5+. The van der Waals surface area contributed by atoms with Crippen molar-refractivity contribution in [1.29, 1.82) is 0 Å². The van der Waals surface area contributed by atoms with Crippen molar-refractivity contribution in [2.75, 3.05) is 0 Å². The molecule has 1 aromatic carbocycles. The molecule has 1 N–H and O–H groups in total. The molecule has 0 saturated heterocycles. The van der Waals surface area contributed by atoms with Crippen molar-refractivity contribution in [2.24, 2.45) is 0 Å². The first-order valence-electron chi connectivity index (χ1n) is 4.43. The van der Waals surface area contributed by atoms with Gasteiger partial charge in [0.2, 0.25) is 0 Å². The maximum atomic E-state index is 12.8. The molecule has 0 amide bonds. The van der Waals surface area contributed by atoms with Crippen LogP contribution in [0.5, 0.6) is 0 Å². The van der Waals surface area contributed by atoms with Gasteiger partial charge in [0, 0.05) is 12.1 Å². The summed E-state index contributed by atoms with van der Waals surface area (Å²) in [6.07, 6.45) is 1.35. The number of halogens is 2. The fourth-order valence-corrected chi connectivity index (χ4v) is 1.28. The summed E-state index contributed by atoms with van der Waals surface area (Å²) in [6.45, 7) is 1.72. The molecule has 0 heterocycles. The lowest BCUT2D eigenvalue weighted by Crippen LogP contribution is -1.93. The molecule has 0 atom stereocenters. The van der Waals surface area contributed by atoms with E-state index in [-0.39, 0.29) is 5.56 Å². The minimum absolute atomic E-state index is 0.261. The molecular formula is C11H10F2O2. The lowest BCUT2D eigenvalue weighted by atomic mass is 10.0.